The SMILES string of the molecule is CC(C)(C)c1ncc(NC(=O)NCc2ccc(C(=O)O)cc2)cn1. The van der Waals surface area contributed by atoms with E-state index >= 15 is 0 Å². The Morgan fingerprint density at radius 1 is 1.08 bits per heavy atom. The molecular formula is C17H20N4O3. The van der Waals surface area contributed by atoms with Gasteiger partial charge in [0.15, 0.2) is 0 Å². The molecule has 0 saturated heterocycles. The standard InChI is InChI=1S/C17H20N4O3/c1-17(2,3)15-18-9-13(10-19-15)21-16(24)20-8-11-4-6-12(7-5-11)14(22)23/h4-7,9-10H,8H2,1-3H3,(H,22,23)(H2,20,21,24). The van der Waals surface area contributed by atoms with Crippen molar-refractivity contribution in [1.29, 1.82) is 0 Å². The Hall–Kier alpha value is -2.96. The lowest BCUT2D eigenvalue weighted by molar-refractivity contribution is 0.0697. The molecule has 1 heterocycles. The number of carbonyl (C=O) groups excluding carboxylic acids is 1. The second-order valence-corrected chi connectivity index (χ2v) is 6.36. The average molecular weight is 328 g/mol. The van der Waals surface area contributed by atoms with Gasteiger partial charge in [-0.3, -0.25) is 0 Å². The van der Waals surface area contributed by atoms with E-state index in [0.717, 1.165) is 5.56 Å². The van der Waals surface area contributed by atoms with Crippen LogP contribution in [0.4, 0.5) is 10.5 Å². The molecule has 0 aliphatic heterocycles. The van der Waals surface area contributed by atoms with Gasteiger partial charge in [-0.15, -0.1) is 0 Å². The van der Waals surface area contributed by atoms with E-state index in [2.05, 4.69) is 20.6 Å². The van der Waals surface area contributed by atoms with E-state index in [-0.39, 0.29) is 23.6 Å². The van der Waals surface area contributed by atoms with Gasteiger partial charge in [-0.25, -0.2) is 19.6 Å². The highest BCUT2D eigenvalue weighted by molar-refractivity contribution is 5.89. The van der Waals surface area contributed by atoms with Gasteiger partial charge in [-0.2, -0.15) is 0 Å². The fourth-order valence-electron chi connectivity index (χ4n) is 1.90. The molecule has 3 N–H and O–H groups in total. The van der Waals surface area contributed by atoms with Gasteiger partial charge in [0.05, 0.1) is 23.6 Å². The molecule has 2 amide bonds. The summed E-state index contributed by atoms with van der Waals surface area (Å²) in [4.78, 5) is 31.1. The third-order valence-electron chi connectivity index (χ3n) is 3.23. The van der Waals surface area contributed by atoms with Gasteiger partial charge in [0.2, 0.25) is 0 Å². The minimum atomic E-state index is -0.981. The zero-order chi connectivity index (χ0) is 17.7. The number of carboxylic acid groups (broad SMARTS) is 1. The van der Waals surface area contributed by atoms with Crippen molar-refractivity contribution in [2.75, 3.05) is 5.32 Å². The molecule has 0 bridgehead atoms. The molecule has 2 aromatic rings. The number of aromatic nitrogens is 2. The number of hydrogen-bond acceptors (Lipinski definition) is 4. The molecule has 0 saturated carbocycles. The summed E-state index contributed by atoms with van der Waals surface area (Å²) < 4.78 is 0. The van der Waals surface area contributed by atoms with E-state index < -0.39 is 5.97 Å². The molecule has 0 fully saturated rings. The fraction of sp³-hybridized carbons (Fsp3) is 0.294. The number of urea groups is 1. The summed E-state index contributed by atoms with van der Waals surface area (Å²) in [6, 6.07) is 5.92. The van der Waals surface area contributed by atoms with Crippen molar-refractivity contribution in [3.63, 3.8) is 0 Å². The first-order valence-electron chi connectivity index (χ1n) is 7.45. The second kappa shape index (κ2) is 7.08. The summed E-state index contributed by atoms with van der Waals surface area (Å²) >= 11 is 0. The van der Waals surface area contributed by atoms with Crippen LogP contribution in [0.15, 0.2) is 36.7 Å². The van der Waals surface area contributed by atoms with Crippen LogP contribution >= 0.6 is 0 Å². The first kappa shape index (κ1) is 17.4. The van der Waals surface area contributed by atoms with Crippen LogP contribution in [-0.2, 0) is 12.0 Å². The van der Waals surface area contributed by atoms with Crippen molar-refractivity contribution in [2.45, 2.75) is 32.7 Å². The largest absolute Gasteiger partial charge is 0.478 e. The number of nitrogens with zero attached hydrogens (tertiary/aromatic N) is 2. The number of aromatic carboxylic acids is 1. The number of benzene rings is 1. The second-order valence-electron chi connectivity index (χ2n) is 6.36. The average Bonchev–Trinajstić information content (AvgIpc) is 2.53. The Bertz CT molecular complexity index is 719. The number of amides is 2. The summed E-state index contributed by atoms with van der Waals surface area (Å²) in [5.74, 6) is -0.280. The quantitative estimate of drug-likeness (QED) is 0.800. The first-order chi connectivity index (χ1) is 11.3. The number of anilines is 1. The number of rotatable bonds is 4. The van der Waals surface area contributed by atoms with Crippen molar-refractivity contribution < 1.29 is 14.7 Å². The third-order valence-corrected chi connectivity index (χ3v) is 3.23. The molecule has 1 aromatic carbocycles. The maximum Gasteiger partial charge on any atom is 0.335 e. The van der Waals surface area contributed by atoms with E-state index in [1.807, 2.05) is 20.8 Å². The highest BCUT2D eigenvalue weighted by atomic mass is 16.4. The maximum atomic E-state index is 11.9. The Balaban J connectivity index is 1.88. The van der Waals surface area contributed by atoms with Gasteiger partial charge < -0.3 is 15.7 Å². The predicted molar refractivity (Wildman–Crippen MR) is 90.0 cm³/mol. The van der Waals surface area contributed by atoms with Crippen molar-refractivity contribution >= 4 is 17.7 Å². The lowest BCUT2D eigenvalue weighted by Crippen LogP contribution is -2.28. The van der Waals surface area contributed by atoms with Crippen molar-refractivity contribution in [3.05, 3.63) is 53.6 Å². The maximum absolute atomic E-state index is 11.9. The summed E-state index contributed by atoms with van der Waals surface area (Å²) in [5, 5.41) is 14.2. The van der Waals surface area contributed by atoms with Gasteiger partial charge in [0, 0.05) is 12.0 Å². The fourth-order valence-corrected chi connectivity index (χ4v) is 1.90. The Morgan fingerprint density at radius 3 is 2.17 bits per heavy atom. The normalized spacial score (nSPS) is 11.0. The molecule has 0 radical (unpaired) electrons. The molecule has 7 nitrogen and oxygen atoms in total. The van der Waals surface area contributed by atoms with E-state index in [4.69, 9.17) is 5.11 Å². The molecule has 0 atom stereocenters. The number of carboxylic acids is 1. The third kappa shape index (κ3) is 4.77. The van der Waals surface area contributed by atoms with Gasteiger partial charge >= 0.3 is 12.0 Å². The molecular weight excluding hydrogens is 308 g/mol. The Kier molecular flexibility index (Phi) is 5.13. The zero-order valence-electron chi connectivity index (χ0n) is 13.8. The van der Waals surface area contributed by atoms with E-state index in [1.54, 1.807) is 24.5 Å². The van der Waals surface area contributed by atoms with Crippen molar-refractivity contribution in [2.24, 2.45) is 0 Å². The lowest BCUT2D eigenvalue weighted by atomic mass is 9.96. The van der Waals surface area contributed by atoms with Crippen LogP contribution in [0.1, 0.15) is 42.5 Å². The van der Waals surface area contributed by atoms with Crippen LogP contribution in [0.2, 0.25) is 0 Å². The van der Waals surface area contributed by atoms with E-state index in [0.29, 0.717) is 11.5 Å². The van der Waals surface area contributed by atoms with Crippen molar-refractivity contribution in [1.82, 2.24) is 15.3 Å². The van der Waals surface area contributed by atoms with Gasteiger partial charge in [0.1, 0.15) is 5.82 Å². The minimum absolute atomic E-state index is 0.150. The molecule has 0 aliphatic rings. The topological polar surface area (TPSA) is 104 Å². The summed E-state index contributed by atoms with van der Waals surface area (Å²) in [7, 11) is 0. The number of nitrogens with one attached hydrogen (secondary N) is 2. The minimum Gasteiger partial charge on any atom is -0.478 e. The summed E-state index contributed by atoms with van der Waals surface area (Å²) in [5.41, 5.74) is 1.36. The molecule has 126 valence electrons. The molecule has 0 unspecified atom stereocenters. The molecule has 0 aliphatic carbocycles. The summed E-state index contributed by atoms with van der Waals surface area (Å²) in [6.45, 7) is 6.32. The van der Waals surface area contributed by atoms with Crippen LogP contribution in [-0.4, -0.2) is 27.1 Å². The summed E-state index contributed by atoms with van der Waals surface area (Å²) in [6.07, 6.45) is 3.13. The highest BCUT2D eigenvalue weighted by Gasteiger charge is 2.16. The van der Waals surface area contributed by atoms with Gasteiger partial charge in [0.25, 0.3) is 0 Å². The zero-order valence-corrected chi connectivity index (χ0v) is 13.8. The lowest BCUT2D eigenvalue weighted by Gasteiger charge is -2.16. The van der Waals surface area contributed by atoms with Crippen molar-refractivity contribution in [3.8, 4) is 0 Å². The molecule has 24 heavy (non-hydrogen) atoms. The highest BCUT2D eigenvalue weighted by Crippen LogP contribution is 2.18. The monoisotopic (exact) mass is 328 g/mol. The van der Waals surface area contributed by atoms with E-state index in [9.17, 15) is 9.59 Å². The molecule has 2 rings (SSSR count). The molecule has 0 spiro atoms. The van der Waals surface area contributed by atoms with Gasteiger partial charge in [-0.05, 0) is 17.7 Å². The predicted octanol–water partition coefficient (Wildman–Crippen LogP) is 2.79. The van der Waals surface area contributed by atoms with Crippen LogP contribution in [0, 0.1) is 0 Å². The molecule has 7 heteroatoms. The van der Waals surface area contributed by atoms with Crippen LogP contribution in [0.25, 0.3) is 0 Å². The first-order valence-corrected chi connectivity index (χ1v) is 7.45. The van der Waals surface area contributed by atoms with Crippen LogP contribution in [0.5, 0.6) is 0 Å². The molecule has 1 aromatic heterocycles. The van der Waals surface area contributed by atoms with Crippen LogP contribution in [0.3, 0.4) is 0 Å². The van der Waals surface area contributed by atoms with Crippen LogP contribution < -0.4 is 10.6 Å². The Morgan fingerprint density at radius 2 is 1.67 bits per heavy atom. The van der Waals surface area contributed by atoms with E-state index in [1.165, 1.54) is 12.1 Å². The van der Waals surface area contributed by atoms with Gasteiger partial charge in [-0.1, -0.05) is 32.9 Å². The smallest absolute Gasteiger partial charge is 0.335 e. The number of hydrogen-bond donors (Lipinski definition) is 3. The Labute approximate surface area is 140 Å². The number of carbonyl (C=O) groups is 2.